The SMILES string of the molecule is COC(=O)c1ccc(C=CCN2C(=O)CCC2CC[C@@H](O)[C@@H](C)CCCCc2ccccc2)s1. The fourth-order valence-corrected chi connectivity index (χ4v) is 5.42. The summed E-state index contributed by atoms with van der Waals surface area (Å²) in [6.45, 7) is 2.69. The van der Waals surface area contributed by atoms with Gasteiger partial charge < -0.3 is 14.7 Å². The Morgan fingerprint density at radius 2 is 2.00 bits per heavy atom. The van der Waals surface area contributed by atoms with E-state index < -0.39 is 0 Å². The molecular weight excluding hydrogens is 446 g/mol. The topological polar surface area (TPSA) is 66.8 Å². The molecule has 1 aliphatic heterocycles. The van der Waals surface area contributed by atoms with Gasteiger partial charge in [0.15, 0.2) is 0 Å². The Labute approximate surface area is 207 Å². The van der Waals surface area contributed by atoms with Gasteiger partial charge in [-0.2, -0.15) is 0 Å². The quantitative estimate of drug-likeness (QED) is 0.292. The van der Waals surface area contributed by atoms with Crippen molar-refractivity contribution in [3.63, 3.8) is 0 Å². The van der Waals surface area contributed by atoms with Crippen LogP contribution in [-0.4, -0.2) is 47.7 Å². The molecule has 1 amide bonds. The van der Waals surface area contributed by atoms with Crippen LogP contribution in [0.3, 0.4) is 0 Å². The Kier molecular flexibility index (Phi) is 10.4. The Balaban J connectivity index is 1.39. The molecule has 0 aliphatic carbocycles. The van der Waals surface area contributed by atoms with Crippen molar-refractivity contribution < 1.29 is 19.4 Å². The molecule has 0 bridgehead atoms. The number of amides is 1. The number of aliphatic hydroxyl groups excluding tert-OH is 1. The van der Waals surface area contributed by atoms with Crippen LogP contribution >= 0.6 is 11.3 Å². The summed E-state index contributed by atoms with van der Waals surface area (Å²) >= 11 is 1.38. The fraction of sp³-hybridized carbons (Fsp3) is 0.500. The molecule has 1 aromatic carbocycles. The number of methoxy groups -OCH3 is 1. The molecule has 1 fully saturated rings. The predicted octanol–water partition coefficient (Wildman–Crippen LogP) is 5.73. The number of nitrogens with zero attached hydrogens (tertiary/aromatic N) is 1. The van der Waals surface area contributed by atoms with Crippen molar-refractivity contribution in [2.24, 2.45) is 5.92 Å². The number of rotatable bonds is 13. The summed E-state index contributed by atoms with van der Waals surface area (Å²) < 4.78 is 4.75. The van der Waals surface area contributed by atoms with Crippen LogP contribution in [0.2, 0.25) is 0 Å². The average Bonchev–Trinajstić information content (AvgIpc) is 3.47. The van der Waals surface area contributed by atoms with Gasteiger partial charge in [-0.3, -0.25) is 4.79 Å². The van der Waals surface area contributed by atoms with Gasteiger partial charge in [0.05, 0.1) is 13.2 Å². The number of likely N-dealkylation sites (tertiary alicyclic amines) is 1. The number of unbranched alkanes of at least 4 members (excludes halogenated alkanes) is 1. The van der Waals surface area contributed by atoms with Crippen molar-refractivity contribution in [1.82, 2.24) is 4.90 Å². The highest BCUT2D eigenvalue weighted by molar-refractivity contribution is 7.14. The van der Waals surface area contributed by atoms with Crippen molar-refractivity contribution in [1.29, 1.82) is 0 Å². The molecule has 3 rings (SSSR count). The van der Waals surface area contributed by atoms with Crippen LogP contribution in [0.1, 0.15) is 72.0 Å². The molecular formula is C28H37NO4S. The number of hydrogen-bond donors (Lipinski definition) is 1. The van der Waals surface area contributed by atoms with E-state index in [1.54, 1.807) is 6.07 Å². The maximum Gasteiger partial charge on any atom is 0.348 e. The Morgan fingerprint density at radius 1 is 1.21 bits per heavy atom. The van der Waals surface area contributed by atoms with Gasteiger partial charge in [-0.1, -0.05) is 49.8 Å². The number of esters is 1. The molecule has 3 atom stereocenters. The zero-order valence-electron chi connectivity index (χ0n) is 20.3. The number of benzene rings is 1. The first-order chi connectivity index (χ1) is 16.5. The third kappa shape index (κ3) is 7.81. The van der Waals surface area contributed by atoms with Gasteiger partial charge in [0.25, 0.3) is 0 Å². The highest BCUT2D eigenvalue weighted by Crippen LogP contribution is 2.26. The summed E-state index contributed by atoms with van der Waals surface area (Å²) in [6.07, 6.45) is 11.0. The van der Waals surface area contributed by atoms with Crippen molar-refractivity contribution in [2.75, 3.05) is 13.7 Å². The van der Waals surface area contributed by atoms with Crippen LogP contribution in [0.4, 0.5) is 0 Å². The number of ether oxygens (including phenoxy) is 1. The zero-order valence-corrected chi connectivity index (χ0v) is 21.1. The molecule has 1 aliphatic rings. The van der Waals surface area contributed by atoms with Gasteiger partial charge in [0.2, 0.25) is 5.91 Å². The van der Waals surface area contributed by atoms with Crippen molar-refractivity contribution in [3.05, 3.63) is 63.9 Å². The van der Waals surface area contributed by atoms with E-state index >= 15 is 0 Å². The van der Waals surface area contributed by atoms with Gasteiger partial charge >= 0.3 is 5.97 Å². The lowest BCUT2D eigenvalue weighted by molar-refractivity contribution is -0.128. The van der Waals surface area contributed by atoms with Crippen LogP contribution in [0.15, 0.2) is 48.5 Å². The van der Waals surface area contributed by atoms with Gasteiger partial charge in [0, 0.05) is 23.9 Å². The lowest BCUT2D eigenvalue weighted by atomic mass is 9.92. The minimum atomic E-state index is -0.330. The molecule has 34 heavy (non-hydrogen) atoms. The number of hydrogen-bond acceptors (Lipinski definition) is 5. The van der Waals surface area contributed by atoms with E-state index in [0.717, 1.165) is 49.8 Å². The summed E-state index contributed by atoms with van der Waals surface area (Å²) in [5.74, 6) is 0.118. The minimum Gasteiger partial charge on any atom is -0.465 e. The van der Waals surface area contributed by atoms with Crippen LogP contribution in [0.5, 0.6) is 0 Å². The van der Waals surface area contributed by atoms with Crippen molar-refractivity contribution in [3.8, 4) is 0 Å². The van der Waals surface area contributed by atoms with Gasteiger partial charge in [0.1, 0.15) is 4.88 Å². The van der Waals surface area contributed by atoms with Crippen LogP contribution in [0.25, 0.3) is 6.08 Å². The molecule has 1 N–H and O–H groups in total. The highest BCUT2D eigenvalue weighted by atomic mass is 32.1. The van der Waals surface area contributed by atoms with Crippen LogP contribution in [-0.2, 0) is 16.0 Å². The Bertz CT molecular complexity index is 939. The molecule has 1 aromatic heterocycles. The lowest BCUT2D eigenvalue weighted by Crippen LogP contribution is -2.34. The van der Waals surface area contributed by atoms with E-state index in [1.165, 1.54) is 24.0 Å². The molecule has 2 heterocycles. The predicted molar refractivity (Wildman–Crippen MR) is 138 cm³/mol. The lowest BCUT2D eigenvalue weighted by Gasteiger charge is -2.26. The second kappa shape index (κ2) is 13.4. The zero-order chi connectivity index (χ0) is 24.3. The van der Waals surface area contributed by atoms with Crippen LogP contribution in [0, 0.1) is 5.92 Å². The Hall–Kier alpha value is -2.44. The van der Waals surface area contributed by atoms with Gasteiger partial charge in [-0.25, -0.2) is 4.79 Å². The number of carbonyl (C=O) groups excluding carboxylic acids is 2. The molecule has 6 heteroatoms. The number of thiophene rings is 1. The summed E-state index contributed by atoms with van der Waals surface area (Å²) in [5, 5.41) is 10.7. The van der Waals surface area contributed by atoms with E-state index in [-0.39, 0.29) is 29.9 Å². The third-order valence-corrected chi connectivity index (χ3v) is 7.75. The second-order valence-electron chi connectivity index (χ2n) is 9.19. The van der Waals surface area contributed by atoms with E-state index in [9.17, 15) is 14.7 Å². The fourth-order valence-electron chi connectivity index (χ4n) is 4.56. The maximum absolute atomic E-state index is 12.4. The molecule has 5 nitrogen and oxygen atoms in total. The van der Waals surface area contributed by atoms with Crippen molar-refractivity contribution >= 4 is 29.3 Å². The smallest absolute Gasteiger partial charge is 0.348 e. The number of aliphatic hydroxyl groups is 1. The molecule has 1 unspecified atom stereocenters. The number of carbonyl (C=O) groups is 2. The first kappa shape index (κ1) is 26.2. The molecule has 1 saturated heterocycles. The summed E-state index contributed by atoms with van der Waals surface area (Å²) in [7, 11) is 1.38. The monoisotopic (exact) mass is 483 g/mol. The Morgan fingerprint density at radius 3 is 2.76 bits per heavy atom. The molecule has 184 valence electrons. The molecule has 0 spiro atoms. The van der Waals surface area contributed by atoms with E-state index in [2.05, 4.69) is 31.2 Å². The van der Waals surface area contributed by atoms with Crippen LogP contribution < -0.4 is 0 Å². The highest BCUT2D eigenvalue weighted by Gasteiger charge is 2.30. The summed E-state index contributed by atoms with van der Waals surface area (Å²) in [4.78, 5) is 27.5. The molecule has 0 radical (unpaired) electrons. The molecule has 0 saturated carbocycles. The normalized spacial score (nSPS) is 17.9. The average molecular weight is 484 g/mol. The van der Waals surface area contributed by atoms with Crippen molar-refractivity contribution in [2.45, 2.75) is 70.4 Å². The number of aryl methyl sites for hydroxylation is 1. The summed E-state index contributed by atoms with van der Waals surface area (Å²) in [6, 6.07) is 14.4. The standard InChI is InChI=1S/C28H37NO4S/c1-21(9-6-7-12-22-10-4-3-5-11-22)25(30)17-14-23-15-19-27(31)29(23)20-8-13-24-16-18-26(34-24)28(32)33-2/h3-5,8,10-11,13,16,18,21,23,25,30H,6-7,9,12,14-15,17,19-20H2,1-2H3/t21-,23?,25+/m0/s1. The second-order valence-corrected chi connectivity index (χ2v) is 10.3. The third-order valence-electron chi connectivity index (χ3n) is 6.72. The molecule has 2 aromatic rings. The van der Waals surface area contributed by atoms with E-state index in [1.807, 2.05) is 29.2 Å². The first-order valence-electron chi connectivity index (χ1n) is 12.3. The first-order valence-corrected chi connectivity index (χ1v) is 13.2. The van der Waals surface area contributed by atoms with E-state index in [0.29, 0.717) is 17.8 Å². The maximum atomic E-state index is 12.4. The summed E-state index contributed by atoms with van der Waals surface area (Å²) in [5.41, 5.74) is 1.37. The van der Waals surface area contributed by atoms with E-state index in [4.69, 9.17) is 4.74 Å². The minimum absolute atomic E-state index is 0.180. The largest absolute Gasteiger partial charge is 0.465 e. The van der Waals surface area contributed by atoms with Gasteiger partial charge in [-0.15, -0.1) is 11.3 Å². The van der Waals surface area contributed by atoms with Gasteiger partial charge in [-0.05, 0) is 68.2 Å².